The van der Waals surface area contributed by atoms with E-state index in [9.17, 15) is 17.6 Å². The van der Waals surface area contributed by atoms with Gasteiger partial charge in [0.1, 0.15) is 0 Å². The maximum atomic E-state index is 13.4. The number of rotatable bonds is 3. The summed E-state index contributed by atoms with van der Waals surface area (Å²) < 4.78 is 57.4. The number of methoxy groups -OCH3 is 1. The first kappa shape index (κ1) is 12.8. The fourth-order valence-electron chi connectivity index (χ4n) is 1.29. The van der Waals surface area contributed by atoms with Crippen LogP contribution in [0.4, 0.5) is 17.6 Å². The summed E-state index contributed by atoms with van der Waals surface area (Å²) in [6, 6.07) is 0. The van der Waals surface area contributed by atoms with Crippen LogP contribution < -0.4 is 4.74 Å². The number of hydrogen-bond donors (Lipinski definition) is 0. The Bertz CT molecular complexity index is 377. The van der Waals surface area contributed by atoms with Gasteiger partial charge in [0.05, 0.1) is 7.11 Å². The Morgan fingerprint density at radius 1 is 0.938 bits per heavy atom. The van der Waals surface area contributed by atoms with Gasteiger partial charge < -0.3 is 9.64 Å². The standard InChI is InChI=1S/C10H11F4NO/c1-15(2)4-5-6(11)8(13)10(16-3)9(14)7(5)12/h4H2,1-3H3. The van der Waals surface area contributed by atoms with Crippen LogP contribution >= 0.6 is 0 Å². The van der Waals surface area contributed by atoms with Crippen LogP contribution in [0, 0.1) is 23.3 Å². The molecule has 1 rings (SSSR count). The van der Waals surface area contributed by atoms with E-state index in [1.54, 1.807) is 0 Å². The van der Waals surface area contributed by atoms with Gasteiger partial charge in [-0.25, -0.2) is 8.78 Å². The predicted molar refractivity (Wildman–Crippen MR) is 50.2 cm³/mol. The number of halogens is 4. The van der Waals surface area contributed by atoms with Gasteiger partial charge in [-0.1, -0.05) is 0 Å². The zero-order valence-corrected chi connectivity index (χ0v) is 9.07. The van der Waals surface area contributed by atoms with Gasteiger partial charge in [0.2, 0.25) is 11.6 Å². The maximum Gasteiger partial charge on any atom is 0.204 e. The second kappa shape index (κ2) is 4.69. The Hall–Kier alpha value is -1.30. The van der Waals surface area contributed by atoms with Crippen molar-refractivity contribution in [2.45, 2.75) is 6.54 Å². The highest BCUT2D eigenvalue weighted by molar-refractivity contribution is 5.34. The number of benzene rings is 1. The largest absolute Gasteiger partial charge is 0.491 e. The Morgan fingerprint density at radius 2 is 1.38 bits per heavy atom. The van der Waals surface area contributed by atoms with E-state index < -0.39 is 34.6 Å². The summed E-state index contributed by atoms with van der Waals surface area (Å²) in [6.07, 6.45) is 0. The normalized spacial score (nSPS) is 11.0. The van der Waals surface area contributed by atoms with Crippen LogP contribution in [-0.2, 0) is 6.54 Å². The van der Waals surface area contributed by atoms with Crippen molar-refractivity contribution in [2.75, 3.05) is 21.2 Å². The molecule has 0 N–H and O–H groups in total. The van der Waals surface area contributed by atoms with E-state index in [-0.39, 0.29) is 6.54 Å². The van der Waals surface area contributed by atoms with E-state index in [1.165, 1.54) is 19.0 Å². The fraction of sp³-hybridized carbons (Fsp3) is 0.400. The average Bonchev–Trinajstić information content (AvgIpc) is 2.22. The lowest BCUT2D eigenvalue weighted by atomic mass is 10.1. The van der Waals surface area contributed by atoms with Crippen molar-refractivity contribution in [3.63, 3.8) is 0 Å². The number of ether oxygens (including phenoxy) is 1. The van der Waals surface area contributed by atoms with Crippen LogP contribution in [0.25, 0.3) is 0 Å². The summed E-state index contributed by atoms with van der Waals surface area (Å²) in [7, 11) is 3.99. The highest BCUT2D eigenvalue weighted by atomic mass is 19.2. The Morgan fingerprint density at radius 3 is 1.69 bits per heavy atom. The SMILES string of the molecule is COc1c(F)c(F)c(CN(C)C)c(F)c1F. The van der Waals surface area contributed by atoms with E-state index >= 15 is 0 Å². The maximum absolute atomic E-state index is 13.4. The molecule has 0 aliphatic heterocycles. The minimum Gasteiger partial charge on any atom is -0.491 e. The third-order valence-corrected chi connectivity index (χ3v) is 1.99. The highest BCUT2D eigenvalue weighted by Crippen LogP contribution is 2.30. The molecule has 0 heterocycles. The first-order chi connectivity index (χ1) is 7.40. The summed E-state index contributed by atoms with van der Waals surface area (Å²) in [4.78, 5) is 1.40. The fourth-order valence-corrected chi connectivity index (χ4v) is 1.29. The van der Waals surface area contributed by atoms with Gasteiger partial charge >= 0.3 is 0 Å². The highest BCUT2D eigenvalue weighted by Gasteiger charge is 2.26. The molecule has 16 heavy (non-hydrogen) atoms. The van der Waals surface area contributed by atoms with Crippen LogP contribution in [0.3, 0.4) is 0 Å². The average molecular weight is 237 g/mol. The topological polar surface area (TPSA) is 12.5 Å². The molecule has 0 saturated heterocycles. The van der Waals surface area contributed by atoms with Gasteiger partial charge in [0.15, 0.2) is 17.4 Å². The molecule has 0 spiro atoms. The molecule has 6 heteroatoms. The van der Waals surface area contributed by atoms with Crippen molar-refractivity contribution in [3.8, 4) is 5.75 Å². The van der Waals surface area contributed by atoms with Crippen LogP contribution in [0.5, 0.6) is 5.75 Å². The van der Waals surface area contributed by atoms with Crippen molar-refractivity contribution < 1.29 is 22.3 Å². The van der Waals surface area contributed by atoms with E-state index in [0.717, 1.165) is 7.11 Å². The number of nitrogens with zero attached hydrogens (tertiary/aromatic N) is 1. The van der Waals surface area contributed by atoms with Gasteiger partial charge in [-0.15, -0.1) is 0 Å². The van der Waals surface area contributed by atoms with Gasteiger partial charge in [0.25, 0.3) is 0 Å². The first-order valence-corrected chi connectivity index (χ1v) is 4.43. The van der Waals surface area contributed by atoms with Crippen molar-refractivity contribution >= 4 is 0 Å². The molecule has 1 aromatic rings. The molecule has 90 valence electrons. The third-order valence-electron chi connectivity index (χ3n) is 1.99. The van der Waals surface area contributed by atoms with Crippen molar-refractivity contribution in [2.24, 2.45) is 0 Å². The van der Waals surface area contributed by atoms with Crippen LogP contribution in [0.2, 0.25) is 0 Å². The number of hydrogen-bond acceptors (Lipinski definition) is 2. The monoisotopic (exact) mass is 237 g/mol. The molecule has 0 fully saturated rings. The molecule has 0 unspecified atom stereocenters. The molecule has 0 aromatic heterocycles. The second-order valence-electron chi connectivity index (χ2n) is 3.51. The molecule has 0 bridgehead atoms. The van der Waals surface area contributed by atoms with Crippen LogP contribution in [-0.4, -0.2) is 26.1 Å². The van der Waals surface area contributed by atoms with Crippen molar-refractivity contribution in [1.29, 1.82) is 0 Å². The molecule has 2 nitrogen and oxygen atoms in total. The molecular formula is C10H11F4NO. The van der Waals surface area contributed by atoms with Gasteiger partial charge in [-0.05, 0) is 14.1 Å². The van der Waals surface area contributed by atoms with E-state index in [0.29, 0.717) is 0 Å². The molecule has 0 aliphatic rings. The molecule has 0 radical (unpaired) electrons. The molecule has 0 saturated carbocycles. The van der Waals surface area contributed by atoms with Gasteiger partial charge in [0, 0.05) is 12.1 Å². The second-order valence-corrected chi connectivity index (χ2v) is 3.51. The lowest BCUT2D eigenvalue weighted by molar-refractivity contribution is 0.316. The zero-order chi connectivity index (χ0) is 12.5. The summed E-state index contributed by atoms with van der Waals surface area (Å²) in [5.41, 5.74) is -0.652. The van der Waals surface area contributed by atoms with E-state index in [1.807, 2.05) is 0 Å². The molecule has 0 aliphatic carbocycles. The molecule has 1 aromatic carbocycles. The summed E-state index contributed by atoms with van der Waals surface area (Å²) in [6.45, 7) is -0.241. The minimum atomic E-state index is -1.52. The summed E-state index contributed by atoms with van der Waals surface area (Å²) in [5.74, 6) is -6.93. The Balaban J connectivity index is 3.41. The molecule has 0 atom stereocenters. The quantitative estimate of drug-likeness (QED) is 0.591. The van der Waals surface area contributed by atoms with E-state index in [4.69, 9.17) is 0 Å². The van der Waals surface area contributed by atoms with Crippen LogP contribution in [0.1, 0.15) is 5.56 Å². The third kappa shape index (κ3) is 2.11. The molecular weight excluding hydrogens is 226 g/mol. The minimum absolute atomic E-state index is 0.241. The lowest BCUT2D eigenvalue weighted by Crippen LogP contribution is -2.16. The Kier molecular flexibility index (Phi) is 3.74. The van der Waals surface area contributed by atoms with Crippen molar-refractivity contribution in [1.82, 2.24) is 4.90 Å². The predicted octanol–water partition coefficient (Wildman–Crippen LogP) is 2.31. The lowest BCUT2D eigenvalue weighted by Gasteiger charge is -2.14. The summed E-state index contributed by atoms with van der Waals surface area (Å²) >= 11 is 0. The van der Waals surface area contributed by atoms with Gasteiger partial charge in [-0.2, -0.15) is 8.78 Å². The zero-order valence-electron chi connectivity index (χ0n) is 9.07. The van der Waals surface area contributed by atoms with Gasteiger partial charge in [-0.3, -0.25) is 0 Å². The Labute approximate surface area is 90.4 Å². The molecule has 0 amide bonds. The summed E-state index contributed by atoms with van der Waals surface area (Å²) in [5, 5.41) is 0. The smallest absolute Gasteiger partial charge is 0.204 e. The van der Waals surface area contributed by atoms with E-state index in [2.05, 4.69) is 4.74 Å². The van der Waals surface area contributed by atoms with Crippen LogP contribution in [0.15, 0.2) is 0 Å². The van der Waals surface area contributed by atoms with Crippen molar-refractivity contribution in [3.05, 3.63) is 28.8 Å². The first-order valence-electron chi connectivity index (χ1n) is 4.43.